The molecule has 1 aliphatic heterocycles. The molecular weight excluding hydrogens is 148 g/mol. The summed E-state index contributed by atoms with van der Waals surface area (Å²) in [6, 6.07) is 0.803. The second-order valence-corrected chi connectivity index (χ2v) is 4.54. The molecule has 3 unspecified atom stereocenters. The van der Waals surface area contributed by atoms with Gasteiger partial charge < -0.3 is 10.2 Å². The zero-order valence-corrected chi connectivity index (χ0v) is 8.21. The Hall–Kier alpha value is -0.0800. The first kappa shape index (κ1) is 8.52. The van der Waals surface area contributed by atoms with Crippen molar-refractivity contribution in [2.45, 2.75) is 25.3 Å². The minimum absolute atomic E-state index is 0.803. The van der Waals surface area contributed by atoms with Gasteiger partial charge in [0.1, 0.15) is 0 Å². The Morgan fingerprint density at radius 2 is 1.92 bits per heavy atom. The van der Waals surface area contributed by atoms with Gasteiger partial charge in [-0.15, -0.1) is 0 Å². The van der Waals surface area contributed by atoms with Gasteiger partial charge in [0.25, 0.3) is 0 Å². The normalized spacial score (nSPS) is 43.0. The summed E-state index contributed by atoms with van der Waals surface area (Å²) in [5, 5.41) is 3.41. The molecule has 2 aliphatic rings. The van der Waals surface area contributed by atoms with Gasteiger partial charge in [0, 0.05) is 19.1 Å². The maximum absolute atomic E-state index is 3.41. The lowest BCUT2D eigenvalue weighted by Gasteiger charge is -2.30. The number of likely N-dealkylation sites (tertiary alicyclic amines) is 1. The minimum Gasteiger partial charge on any atom is -0.317 e. The molecule has 3 atom stereocenters. The van der Waals surface area contributed by atoms with Crippen molar-refractivity contribution in [1.82, 2.24) is 10.2 Å². The Balaban J connectivity index is 1.93. The first-order chi connectivity index (χ1) is 5.79. The molecule has 0 aromatic rings. The molecule has 2 rings (SSSR count). The molecule has 2 nitrogen and oxygen atoms in total. The van der Waals surface area contributed by atoms with E-state index in [1.54, 1.807) is 0 Å². The topological polar surface area (TPSA) is 15.3 Å². The first-order valence-corrected chi connectivity index (χ1v) is 5.15. The van der Waals surface area contributed by atoms with Crippen molar-refractivity contribution in [3.63, 3.8) is 0 Å². The van der Waals surface area contributed by atoms with Gasteiger partial charge in [0.2, 0.25) is 0 Å². The summed E-state index contributed by atoms with van der Waals surface area (Å²) in [7, 11) is 4.36. The van der Waals surface area contributed by atoms with Crippen molar-refractivity contribution in [3.05, 3.63) is 0 Å². The van der Waals surface area contributed by atoms with Crippen LogP contribution in [0.15, 0.2) is 0 Å². The third-order valence-electron chi connectivity index (χ3n) is 3.64. The monoisotopic (exact) mass is 168 g/mol. The molecule has 0 aromatic carbocycles. The number of fused-ring (bicyclic) bond motifs is 1. The zero-order valence-electron chi connectivity index (χ0n) is 8.21. The highest BCUT2D eigenvalue weighted by atomic mass is 15.1. The second-order valence-electron chi connectivity index (χ2n) is 4.54. The Labute approximate surface area is 75.3 Å². The molecule has 70 valence electrons. The summed E-state index contributed by atoms with van der Waals surface area (Å²) in [4.78, 5) is 2.49. The third-order valence-corrected chi connectivity index (χ3v) is 3.64. The third kappa shape index (κ3) is 1.50. The van der Waals surface area contributed by atoms with Crippen LogP contribution in [0, 0.1) is 11.8 Å². The summed E-state index contributed by atoms with van der Waals surface area (Å²) in [5.74, 6) is 2.00. The van der Waals surface area contributed by atoms with Gasteiger partial charge in [0.05, 0.1) is 0 Å². The van der Waals surface area contributed by atoms with E-state index in [-0.39, 0.29) is 0 Å². The van der Waals surface area contributed by atoms with Crippen molar-refractivity contribution >= 4 is 0 Å². The van der Waals surface area contributed by atoms with E-state index in [1.807, 2.05) is 0 Å². The van der Waals surface area contributed by atoms with Crippen molar-refractivity contribution in [2.75, 3.05) is 27.2 Å². The smallest absolute Gasteiger partial charge is 0.00674 e. The van der Waals surface area contributed by atoms with Gasteiger partial charge in [0.15, 0.2) is 0 Å². The van der Waals surface area contributed by atoms with Crippen LogP contribution in [0.3, 0.4) is 0 Å². The average molecular weight is 168 g/mol. The van der Waals surface area contributed by atoms with E-state index in [0.29, 0.717) is 0 Å². The fourth-order valence-electron chi connectivity index (χ4n) is 2.93. The van der Waals surface area contributed by atoms with Crippen LogP contribution in [0.5, 0.6) is 0 Å². The van der Waals surface area contributed by atoms with E-state index in [4.69, 9.17) is 0 Å². The molecule has 0 bridgehead atoms. The van der Waals surface area contributed by atoms with Crippen LogP contribution in [0.2, 0.25) is 0 Å². The van der Waals surface area contributed by atoms with Crippen LogP contribution < -0.4 is 5.32 Å². The standard InChI is InChI=1S/C10H20N2/c1-11-10-4-3-8-6-12(2)7-9(8)5-10/h8-11H,3-7H2,1-2H3. The van der Waals surface area contributed by atoms with Crippen LogP contribution in [0.25, 0.3) is 0 Å². The highest BCUT2D eigenvalue weighted by Gasteiger charge is 2.35. The van der Waals surface area contributed by atoms with Crippen molar-refractivity contribution < 1.29 is 0 Å². The Bertz CT molecular complexity index is 158. The maximum Gasteiger partial charge on any atom is 0.00674 e. The molecular formula is C10H20N2. The van der Waals surface area contributed by atoms with E-state index in [0.717, 1.165) is 17.9 Å². The quantitative estimate of drug-likeness (QED) is 0.627. The van der Waals surface area contributed by atoms with Gasteiger partial charge in [-0.1, -0.05) is 0 Å². The van der Waals surface area contributed by atoms with E-state index in [1.165, 1.54) is 32.4 Å². The predicted molar refractivity (Wildman–Crippen MR) is 51.2 cm³/mol. The molecule has 2 heteroatoms. The van der Waals surface area contributed by atoms with Crippen LogP contribution in [0.4, 0.5) is 0 Å². The lowest BCUT2D eigenvalue weighted by atomic mass is 9.79. The van der Waals surface area contributed by atoms with E-state index >= 15 is 0 Å². The maximum atomic E-state index is 3.41. The molecule has 1 saturated heterocycles. The molecule has 0 spiro atoms. The van der Waals surface area contributed by atoms with Crippen LogP contribution in [0.1, 0.15) is 19.3 Å². The fraction of sp³-hybridized carbons (Fsp3) is 1.00. The van der Waals surface area contributed by atoms with Gasteiger partial charge in [-0.3, -0.25) is 0 Å². The molecule has 1 heterocycles. The first-order valence-electron chi connectivity index (χ1n) is 5.15. The van der Waals surface area contributed by atoms with Gasteiger partial charge in [-0.05, 0) is 45.2 Å². The molecule has 0 radical (unpaired) electrons. The fourth-order valence-corrected chi connectivity index (χ4v) is 2.93. The minimum atomic E-state index is 0.803. The number of rotatable bonds is 1. The molecule has 12 heavy (non-hydrogen) atoms. The van der Waals surface area contributed by atoms with Gasteiger partial charge >= 0.3 is 0 Å². The highest BCUT2D eigenvalue weighted by molar-refractivity contribution is 4.90. The summed E-state index contributed by atoms with van der Waals surface area (Å²) < 4.78 is 0. The molecule has 2 fully saturated rings. The number of nitrogens with one attached hydrogen (secondary N) is 1. The summed E-state index contributed by atoms with van der Waals surface area (Å²) in [5.41, 5.74) is 0. The highest BCUT2D eigenvalue weighted by Crippen LogP contribution is 2.35. The van der Waals surface area contributed by atoms with E-state index in [9.17, 15) is 0 Å². The van der Waals surface area contributed by atoms with Gasteiger partial charge in [-0.25, -0.2) is 0 Å². The Kier molecular flexibility index (Phi) is 2.37. The summed E-state index contributed by atoms with van der Waals surface area (Å²) in [6.45, 7) is 2.68. The van der Waals surface area contributed by atoms with Gasteiger partial charge in [-0.2, -0.15) is 0 Å². The lowest BCUT2D eigenvalue weighted by molar-refractivity contribution is 0.250. The van der Waals surface area contributed by atoms with Crippen LogP contribution >= 0.6 is 0 Å². The molecule has 0 aromatic heterocycles. The van der Waals surface area contributed by atoms with E-state index < -0.39 is 0 Å². The number of nitrogens with zero attached hydrogens (tertiary/aromatic N) is 1. The molecule has 1 saturated carbocycles. The lowest BCUT2D eigenvalue weighted by Crippen LogP contribution is -2.35. The number of hydrogen-bond acceptors (Lipinski definition) is 2. The predicted octanol–water partition coefficient (Wildman–Crippen LogP) is 0.936. The number of hydrogen-bond donors (Lipinski definition) is 1. The van der Waals surface area contributed by atoms with Crippen LogP contribution in [-0.2, 0) is 0 Å². The van der Waals surface area contributed by atoms with Crippen molar-refractivity contribution in [2.24, 2.45) is 11.8 Å². The Morgan fingerprint density at radius 3 is 2.67 bits per heavy atom. The molecule has 1 aliphatic carbocycles. The summed E-state index contributed by atoms with van der Waals surface area (Å²) in [6.07, 6.45) is 4.25. The van der Waals surface area contributed by atoms with Crippen molar-refractivity contribution in [3.8, 4) is 0 Å². The largest absolute Gasteiger partial charge is 0.317 e. The SMILES string of the molecule is CNC1CCC2CN(C)CC2C1. The summed E-state index contributed by atoms with van der Waals surface area (Å²) >= 11 is 0. The zero-order chi connectivity index (χ0) is 8.55. The van der Waals surface area contributed by atoms with Crippen LogP contribution in [-0.4, -0.2) is 38.1 Å². The second kappa shape index (κ2) is 3.35. The van der Waals surface area contributed by atoms with Crippen molar-refractivity contribution in [1.29, 1.82) is 0 Å². The molecule has 1 N–H and O–H groups in total. The van der Waals surface area contributed by atoms with E-state index in [2.05, 4.69) is 24.3 Å². The molecule has 0 amide bonds. The average Bonchev–Trinajstić information content (AvgIpc) is 2.43. The Morgan fingerprint density at radius 1 is 1.17 bits per heavy atom.